The minimum Gasteiger partial charge on any atom is -0.390 e. The van der Waals surface area contributed by atoms with E-state index in [1.807, 2.05) is 27.7 Å². The van der Waals surface area contributed by atoms with Gasteiger partial charge in [0.1, 0.15) is 16.9 Å². The summed E-state index contributed by atoms with van der Waals surface area (Å²) in [5, 5.41) is 17.6. The van der Waals surface area contributed by atoms with Crippen LogP contribution in [0.5, 0.6) is 0 Å². The van der Waals surface area contributed by atoms with Crippen LogP contribution >= 0.6 is 0 Å². The van der Waals surface area contributed by atoms with Gasteiger partial charge in [-0.25, -0.2) is 0 Å². The number of Topliss-reactive ketones (excluding diaryl/α,β-unsaturated/α-hetero) is 1. The maximum absolute atomic E-state index is 12.7. The van der Waals surface area contributed by atoms with Crippen LogP contribution in [0.2, 0.25) is 0 Å². The average molecular weight is 338 g/mol. The maximum Gasteiger partial charge on any atom is 0.139 e. The van der Waals surface area contributed by atoms with Crippen molar-refractivity contribution in [3.63, 3.8) is 0 Å². The quantitative estimate of drug-likeness (QED) is 0.736. The van der Waals surface area contributed by atoms with Crippen molar-refractivity contribution in [2.45, 2.75) is 96.2 Å². The minimum atomic E-state index is -1.17. The monoisotopic (exact) mass is 338 g/mol. The molecule has 0 heterocycles. The van der Waals surface area contributed by atoms with Gasteiger partial charge in [0, 0.05) is 31.1 Å². The number of aliphatic hydroxyl groups is 1. The Hall–Kier alpha value is -1.17. The molecule has 2 saturated carbocycles. The maximum atomic E-state index is 12.7. The van der Waals surface area contributed by atoms with Gasteiger partial charge >= 0.3 is 0 Å². The van der Waals surface area contributed by atoms with Crippen LogP contribution in [0.4, 0.5) is 0 Å². The zero-order valence-corrected chi connectivity index (χ0v) is 15.5. The van der Waals surface area contributed by atoms with Crippen molar-refractivity contribution < 1.29 is 9.90 Å². The Morgan fingerprint density at radius 1 is 1.04 bits per heavy atom. The SMILES string of the molecule is CCC(C)(C)C(=O)CC1(C)CC2(O)CC(C)(N=O)CC(N=O)(C1)C2. The van der Waals surface area contributed by atoms with Crippen LogP contribution in [0.1, 0.15) is 79.6 Å². The minimum absolute atomic E-state index is 0.147. The number of fused-ring (bicyclic) bond motifs is 2. The van der Waals surface area contributed by atoms with Crippen molar-refractivity contribution in [2.75, 3.05) is 0 Å². The molecule has 4 atom stereocenters. The van der Waals surface area contributed by atoms with Gasteiger partial charge < -0.3 is 5.11 Å². The molecule has 2 aliphatic rings. The lowest BCUT2D eigenvalue weighted by molar-refractivity contribution is -0.141. The first-order valence-corrected chi connectivity index (χ1v) is 8.79. The first kappa shape index (κ1) is 19.2. The molecule has 2 fully saturated rings. The molecule has 0 saturated heterocycles. The summed E-state index contributed by atoms with van der Waals surface area (Å²) < 4.78 is 0. The summed E-state index contributed by atoms with van der Waals surface area (Å²) in [6, 6.07) is 0. The zero-order valence-electron chi connectivity index (χ0n) is 15.5. The van der Waals surface area contributed by atoms with Crippen molar-refractivity contribution in [3.05, 3.63) is 9.81 Å². The van der Waals surface area contributed by atoms with Crippen molar-refractivity contribution in [2.24, 2.45) is 21.2 Å². The van der Waals surface area contributed by atoms with Gasteiger partial charge in [-0.3, -0.25) is 4.79 Å². The molecule has 0 radical (unpaired) electrons. The molecule has 0 amide bonds. The molecule has 6 heteroatoms. The lowest BCUT2D eigenvalue weighted by atomic mass is 9.51. The first-order chi connectivity index (χ1) is 10.8. The standard InChI is InChI=1S/C18H30N2O4/c1-6-14(2,3)13(21)7-15(4)8-17(20-24)10-16(5,19-23)11-18(22,9-15)12-17/h22H,6-12H2,1-5H3. The Morgan fingerprint density at radius 3 is 2.17 bits per heavy atom. The lowest BCUT2D eigenvalue weighted by Gasteiger charge is -2.56. The molecule has 2 rings (SSSR count). The van der Waals surface area contributed by atoms with Crippen molar-refractivity contribution in [1.82, 2.24) is 0 Å². The Bertz CT molecular complexity index is 559. The number of nitroso groups, excluding NO2 is 2. The summed E-state index contributed by atoms with van der Waals surface area (Å²) in [5.41, 5.74) is -4.07. The molecular formula is C18H30N2O4. The van der Waals surface area contributed by atoms with E-state index in [1.165, 1.54) is 0 Å². The van der Waals surface area contributed by atoms with Crippen LogP contribution in [0.15, 0.2) is 10.4 Å². The van der Waals surface area contributed by atoms with Gasteiger partial charge in [0.05, 0.1) is 5.60 Å². The topological polar surface area (TPSA) is 96.2 Å². The van der Waals surface area contributed by atoms with Crippen LogP contribution in [-0.4, -0.2) is 27.6 Å². The second kappa shape index (κ2) is 5.68. The van der Waals surface area contributed by atoms with Crippen LogP contribution in [-0.2, 0) is 4.79 Å². The van der Waals surface area contributed by atoms with Gasteiger partial charge in [-0.05, 0) is 31.6 Å². The van der Waals surface area contributed by atoms with Crippen LogP contribution < -0.4 is 0 Å². The summed E-state index contributed by atoms with van der Waals surface area (Å²) in [6.07, 6.45) is 2.61. The highest BCUT2D eigenvalue weighted by Gasteiger charge is 2.62. The third-order valence-electron chi connectivity index (χ3n) is 6.23. The number of carbonyl (C=O) groups excluding carboxylic acids is 1. The Morgan fingerprint density at radius 2 is 1.67 bits per heavy atom. The van der Waals surface area contributed by atoms with Gasteiger partial charge in [0.15, 0.2) is 0 Å². The van der Waals surface area contributed by atoms with Crippen molar-refractivity contribution in [3.8, 4) is 0 Å². The molecule has 0 aromatic carbocycles. The summed E-state index contributed by atoms with van der Waals surface area (Å²) in [6.45, 7) is 9.48. The highest BCUT2D eigenvalue weighted by molar-refractivity contribution is 5.84. The summed E-state index contributed by atoms with van der Waals surface area (Å²) in [7, 11) is 0. The van der Waals surface area contributed by atoms with Gasteiger partial charge in [-0.15, -0.1) is 0 Å². The number of hydrogen-bond acceptors (Lipinski definition) is 6. The molecule has 0 aromatic heterocycles. The van der Waals surface area contributed by atoms with Gasteiger partial charge in [-0.2, -0.15) is 9.81 Å². The van der Waals surface area contributed by atoms with Crippen molar-refractivity contribution in [1.29, 1.82) is 0 Å². The normalized spacial score (nSPS) is 42.4. The highest BCUT2D eigenvalue weighted by atomic mass is 16.3. The van der Waals surface area contributed by atoms with Gasteiger partial charge in [-0.1, -0.05) is 38.0 Å². The average Bonchev–Trinajstić information content (AvgIpc) is 2.44. The molecule has 24 heavy (non-hydrogen) atoms. The third-order valence-corrected chi connectivity index (χ3v) is 6.23. The Balaban J connectivity index is 2.33. The van der Waals surface area contributed by atoms with E-state index in [0.29, 0.717) is 19.3 Å². The molecule has 4 unspecified atom stereocenters. The van der Waals surface area contributed by atoms with Gasteiger partial charge in [0.2, 0.25) is 0 Å². The molecule has 1 N–H and O–H groups in total. The third kappa shape index (κ3) is 3.44. The highest BCUT2D eigenvalue weighted by Crippen LogP contribution is 2.59. The molecule has 136 valence electrons. The second-order valence-electron chi connectivity index (χ2n) is 9.66. The smallest absolute Gasteiger partial charge is 0.139 e. The van der Waals surface area contributed by atoms with E-state index in [2.05, 4.69) is 10.4 Å². The number of nitrogens with zero attached hydrogens (tertiary/aromatic N) is 2. The van der Waals surface area contributed by atoms with Crippen LogP contribution in [0, 0.1) is 20.6 Å². The van der Waals surface area contributed by atoms with Crippen LogP contribution in [0.25, 0.3) is 0 Å². The number of ketones is 1. The number of rotatable bonds is 6. The molecule has 0 aliphatic heterocycles. The number of carbonyl (C=O) groups is 1. The van der Waals surface area contributed by atoms with E-state index >= 15 is 0 Å². The van der Waals surface area contributed by atoms with Crippen molar-refractivity contribution >= 4 is 5.78 Å². The van der Waals surface area contributed by atoms with E-state index < -0.39 is 27.5 Å². The summed E-state index contributed by atoms with van der Waals surface area (Å²) >= 11 is 0. The predicted molar refractivity (Wildman–Crippen MR) is 92.6 cm³/mol. The second-order valence-corrected chi connectivity index (χ2v) is 9.66. The molecule has 0 spiro atoms. The fraction of sp³-hybridized carbons (Fsp3) is 0.944. The summed E-state index contributed by atoms with van der Waals surface area (Å²) in [4.78, 5) is 35.6. The fourth-order valence-electron chi connectivity index (χ4n) is 5.23. The van der Waals surface area contributed by atoms with Crippen LogP contribution in [0.3, 0.4) is 0 Å². The van der Waals surface area contributed by atoms with Gasteiger partial charge in [0.25, 0.3) is 0 Å². The molecule has 2 aliphatic carbocycles. The van der Waals surface area contributed by atoms with E-state index in [4.69, 9.17) is 0 Å². The Kier molecular flexibility index (Phi) is 4.54. The molecule has 6 nitrogen and oxygen atoms in total. The Labute approximate surface area is 143 Å². The van der Waals surface area contributed by atoms with E-state index in [9.17, 15) is 19.7 Å². The zero-order chi connectivity index (χ0) is 18.4. The predicted octanol–water partition coefficient (Wildman–Crippen LogP) is 4.13. The molecular weight excluding hydrogens is 308 g/mol. The molecule has 2 bridgehead atoms. The largest absolute Gasteiger partial charge is 0.390 e. The van der Waals surface area contributed by atoms with E-state index in [1.54, 1.807) is 6.92 Å². The lowest BCUT2D eigenvalue weighted by Crippen LogP contribution is -2.61. The number of hydrogen-bond donors (Lipinski definition) is 1. The molecule has 0 aromatic rings. The fourth-order valence-corrected chi connectivity index (χ4v) is 5.23. The van der Waals surface area contributed by atoms with E-state index in [-0.39, 0.29) is 25.0 Å². The first-order valence-electron chi connectivity index (χ1n) is 8.79. The van der Waals surface area contributed by atoms with E-state index in [0.717, 1.165) is 6.42 Å². The summed E-state index contributed by atoms with van der Waals surface area (Å²) in [5.74, 6) is 0.147.